The number of rotatable bonds is 8. The highest BCUT2D eigenvalue weighted by atomic mass is 19.3. The summed E-state index contributed by atoms with van der Waals surface area (Å²) in [6, 6.07) is 14.3. The SMILES string of the molecule is COc1cccc(C(=O)NCCCc2ccccc2)c1OC(F)F. The first kappa shape index (κ1) is 17.7. The minimum absolute atomic E-state index is 0.0226. The van der Waals surface area contributed by atoms with Crippen molar-refractivity contribution in [2.45, 2.75) is 19.5 Å². The molecule has 0 aliphatic rings. The van der Waals surface area contributed by atoms with Crippen LogP contribution in [0.25, 0.3) is 0 Å². The summed E-state index contributed by atoms with van der Waals surface area (Å²) < 4.78 is 34.6. The molecule has 128 valence electrons. The fourth-order valence-corrected chi connectivity index (χ4v) is 2.30. The van der Waals surface area contributed by atoms with E-state index >= 15 is 0 Å². The summed E-state index contributed by atoms with van der Waals surface area (Å²) in [6.07, 6.45) is 1.56. The standard InChI is InChI=1S/C18H19F2NO3/c1-23-15-11-5-10-14(16(15)24-18(19)20)17(22)21-12-6-9-13-7-3-2-4-8-13/h2-5,7-8,10-11,18H,6,9,12H2,1H3,(H,21,22). The largest absolute Gasteiger partial charge is 0.493 e. The third-order valence-corrected chi connectivity index (χ3v) is 3.42. The molecule has 0 aliphatic heterocycles. The number of methoxy groups -OCH3 is 1. The van der Waals surface area contributed by atoms with Crippen molar-refractivity contribution in [1.82, 2.24) is 5.32 Å². The molecular weight excluding hydrogens is 316 g/mol. The molecule has 24 heavy (non-hydrogen) atoms. The van der Waals surface area contributed by atoms with E-state index in [0.29, 0.717) is 6.54 Å². The van der Waals surface area contributed by atoms with Crippen molar-refractivity contribution in [3.63, 3.8) is 0 Å². The van der Waals surface area contributed by atoms with Gasteiger partial charge in [-0.2, -0.15) is 8.78 Å². The highest BCUT2D eigenvalue weighted by Crippen LogP contribution is 2.32. The van der Waals surface area contributed by atoms with E-state index in [-0.39, 0.29) is 17.1 Å². The Morgan fingerprint density at radius 3 is 2.54 bits per heavy atom. The summed E-state index contributed by atoms with van der Waals surface area (Å²) in [4.78, 5) is 12.2. The van der Waals surface area contributed by atoms with Gasteiger partial charge in [-0.25, -0.2) is 0 Å². The molecule has 2 aromatic carbocycles. The molecule has 0 unspecified atom stereocenters. The van der Waals surface area contributed by atoms with Crippen LogP contribution in [0.3, 0.4) is 0 Å². The molecule has 0 saturated heterocycles. The van der Waals surface area contributed by atoms with Gasteiger partial charge in [-0.15, -0.1) is 0 Å². The van der Waals surface area contributed by atoms with Crippen LogP contribution in [0.15, 0.2) is 48.5 Å². The number of ether oxygens (including phenoxy) is 2. The number of benzene rings is 2. The van der Waals surface area contributed by atoms with Crippen LogP contribution in [-0.4, -0.2) is 26.2 Å². The molecule has 0 radical (unpaired) electrons. The topological polar surface area (TPSA) is 47.6 Å². The van der Waals surface area contributed by atoms with Crippen LogP contribution in [0.5, 0.6) is 11.5 Å². The van der Waals surface area contributed by atoms with Gasteiger partial charge in [0.15, 0.2) is 11.5 Å². The zero-order valence-electron chi connectivity index (χ0n) is 13.3. The van der Waals surface area contributed by atoms with Gasteiger partial charge in [0, 0.05) is 6.54 Å². The molecule has 0 aliphatic carbocycles. The molecule has 0 spiro atoms. The molecule has 0 saturated carbocycles. The molecule has 0 heterocycles. The quantitative estimate of drug-likeness (QED) is 0.749. The van der Waals surface area contributed by atoms with E-state index in [1.807, 2.05) is 30.3 Å². The number of alkyl halides is 2. The maximum atomic E-state index is 12.6. The summed E-state index contributed by atoms with van der Waals surface area (Å²) in [5.41, 5.74) is 1.20. The van der Waals surface area contributed by atoms with E-state index < -0.39 is 12.5 Å². The van der Waals surface area contributed by atoms with E-state index in [1.54, 1.807) is 6.07 Å². The molecule has 1 N–H and O–H groups in total. The lowest BCUT2D eigenvalue weighted by Crippen LogP contribution is -2.25. The summed E-state index contributed by atoms with van der Waals surface area (Å²) in [6.45, 7) is -2.61. The van der Waals surface area contributed by atoms with Crippen LogP contribution in [0.4, 0.5) is 8.78 Å². The number of para-hydroxylation sites is 1. The fraction of sp³-hybridized carbons (Fsp3) is 0.278. The van der Waals surface area contributed by atoms with Crippen molar-refractivity contribution in [2.75, 3.05) is 13.7 Å². The zero-order valence-corrected chi connectivity index (χ0v) is 13.3. The molecule has 2 rings (SSSR count). The van der Waals surface area contributed by atoms with E-state index in [9.17, 15) is 13.6 Å². The van der Waals surface area contributed by atoms with Crippen molar-refractivity contribution >= 4 is 5.91 Å². The number of nitrogens with one attached hydrogen (secondary N) is 1. The number of carbonyl (C=O) groups is 1. The molecule has 1 amide bonds. The predicted octanol–water partition coefficient (Wildman–Crippen LogP) is 3.66. The smallest absolute Gasteiger partial charge is 0.387 e. The molecule has 2 aromatic rings. The van der Waals surface area contributed by atoms with E-state index in [4.69, 9.17) is 4.74 Å². The number of hydrogen-bond donors (Lipinski definition) is 1. The second-order valence-corrected chi connectivity index (χ2v) is 5.06. The molecule has 0 bridgehead atoms. The Morgan fingerprint density at radius 2 is 1.88 bits per heavy atom. The van der Waals surface area contributed by atoms with Gasteiger partial charge in [-0.05, 0) is 30.5 Å². The van der Waals surface area contributed by atoms with Crippen molar-refractivity contribution in [3.05, 3.63) is 59.7 Å². The second-order valence-electron chi connectivity index (χ2n) is 5.06. The lowest BCUT2D eigenvalue weighted by molar-refractivity contribution is -0.0515. The van der Waals surface area contributed by atoms with Crippen molar-refractivity contribution in [3.8, 4) is 11.5 Å². The first-order valence-electron chi connectivity index (χ1n) is 7.55. The second kappa shape index (κ2) is 8.86. The Kier molecular flexibility index (Phi) is 6.54. The van der Waals surface area contributed by atoms with Crippen LogP contribution in [0, 0.1) is 0 Å². The zero-order chi connectivity index (χ0) is 17.4. The van der Waals surface area contributed by atoms with E-state index in [0.717, 1.165) is 12.8 Å². The summed E-state index contributed by atoms with van der Waals surface area (Å²) in [5, 5.41) is 2.71. The number of aryl methyl sites for hydroxylation is 1. The van der Waals surface area contributed by atoms with Gasteiger partial charge in [0.05, 0.1) is 12.7 Å². The molecule has 6 heteroatoms. The molecule has 0 aromatic heterocycles. The number of hydrogen-bond acceptors (Lipinski definition) is 3. The van der Waals surface area contributed by atoms with Crippen molar-refractivity contribution in [1.29, 1.82) is 0 Å². The Labute approximate surface area is 139 Å². The Balaban J connectivity index is 1.96. The normalized spacial score (nSPS) is 10.5. The highest BCUT2D eigenvalue weighted by Gasteiger charge is 2.19. The maximum Gasteiger partial charge on any atom is 0.387 e. The summed E-state index contributed by atoms with van der Waals surface area (Å²) >= 11 is 0. The number of halogens is 2. The summed E-state index contributed by atoms with van der Waals surface area (Å²) in [7, 11) is 1.33. The van der Waals surface area contributed by atoms with Gasteiger partial charge < -0.3 is 14.8 Å². The van der Waals surface area contributed by atoms with Gasteiger partial charge in [0.1, 0.15) is 0 Å². The lowest BCUT2D eigenvalue weighted by atomic mass is 10.1. The summed E-state index contributed by atoms with van der Waals surface area (Å²) in [5.74, 6) is -0.639. The van der Waals surface area contributed by atoms with E-state index in [2.05, 4.69) is 10.1 Å². The molecule has 0 fully saturated rings. The van der Waals surface area contributed by atoms with Gasteiger partial charge in [-0.1, -0.05) is 36.4 Å². The van der Waals surface area contributed by atoms with Crippen molar-refractivity contribution < 1.29 is 23.0 Å². The minimum Gasteiger partial charge on any atom is -0.493 e. The number of amides is 1. The van der Waals surface area contributed by atoms with Crippen molar-refractivity contribution in [2.24, 2.45) is 0 Å². The number of carbonyl (C=O) groups excluding carboxylic acids is 1. The maximum absolute atomic E-state index is 12.6. The predicted molar refractivity (Wildman–Crippen MR) is 86.7 cm³/mol. The Morgan fingerprint density at radius 1 is 1.12 bits per heavy atom. The van der Waals surface area contributed by atoms with E-state index in [1.165, 1.54) is 24.8 Å². The van der Waals surface area contributed by atoms with Gasteiger partial charge in [-0.3, -0.25) is 4.79 Å². The van der Waals surface area contributed by atoms with Gasteiger partial charge in [0.2, 0.25) is 0 Å². The van der Waals surface area contributed by atoms with Crippen LogP contribution in [-0.2, 0) is 6.42 Å². The average molecular weight is 335 g/mol. The third-order valence-electron chi connectivity index (χ3n) is 3.42. The van der Waals surface area contributed by atoms with Crippen LogP contribution in [0.1, 0.15) is 22.3 Å². The van der Waals surface area contributed by atoms with Crippen LogP contribution < -0.4 is 14.8 Å². The van der Waals surface area contributed by atoms with Gasteiger partial charge in [0.25, 0.3) is 5.91 Å². The lowest BCUT2D eigenvalue weighted by Gasteiger charge is -2.14. The Bertz CT molecular complexity index is 663. The first-order valence-corrected chi connectivity index (χ1v) is 7.55. The molecular formula is C18H19F2NO3. The molecule has 4 nitrogen and oxygen atoms in total. The third kappa shape index (κ3) is 4.94. The van der Waals surface area contributed by atoms with Crippen LogP contribution >= 0.6 is 0 Å². The highest BCUT2D eigenvalue weighted by molar-refractivity contribution is 5.97. The first-order chi connectivity index (χ1) is 11.6. The molecule has 0 atom stereocenters. The average Bonchev–Trinajstić information content (AvgIpc) is 2.59. The monoisotopic (exact) mass is 335 g/mol. The van der Waals surface area contributed by atoms with Gasteiger partial charge >= 0.3 is 6.61 Å². The van der Waals surface area contributed by atoms with Crippen LogP contribution in [0.2, 0.25) is 0 Å². The minimum atomic E-state index is -3.04. The Hall–Kier alpha value is -2.63. The fourth-order valence-electron chi connectivity index (χ4n) is 2.30.